The van der Waals surface area contributed by atoms with Crippen molar-refractivity contribution in [2.45, 2.75) is 0 Å². The second kappa shape index (κ2) is 9.82. The van der Waals surface area contributed by atoms with Crippen molar-refractivity contribution in [1.82, 2.24) is 20.2 Å². The van der Waals surface area contributed by atoms with Gasteiger partial charge < -0.3 is 4.74 Å². The van der Waals surface area contributed by atoms with Crippen LogP contribution in [0, 0.1) is 11.6 Å². The van der Waals surface area contributed by atoms with Gasteiger partial charge in [-0.2, -0.15) is 10.2 Å². The van der Waals surface area contributed by atoms with Crippen molar-refractivity contribution in [3.63, 3.8) is 0 Å². The molecule has 170 valence electrons. The van der Waals surface area contributed by atoms with Gasteiger partial charge in [0.25, 0.3) is 5.91 Å². The van der Waals surface area contributed by atoms with Crippen LogP contribution in [0.2, 0.25) is 0 Å². The number of nitrogens with zero attached hydrogens (tertiary/aromatic N) is 4. The van der Waals surface area contributed by atoms with Gasteiger partial charge in [-0.3, -0.25) is 9.78 Å². The molecule has 2 heterocycles. The number of amides is 1. The number of pyridine rings is 1. The quantitative estimate of drug-likeness (QED) is 0.268. The van der Waals surface area contributed by atoms with Crippen LogP contribution in [0.5, 0.6) is 0 Å². The molecule has 0 spiro atoms. The summed E-state index contributed by atoms with van der Waals surface area (Å²) in [5, 5.41) is 8.25. The average Bonchev–Trinajstić information content (AvgIpc) is 3.30. The third-order valence-corrected chi connectivity index (χ3v) is 4.77. The first-order valence-corrected chi connectivity index (χ1v) is 9.94. The lowest BCUT2D eigenvalue weighted by Crippen LogP contribution is -2.21. The molecule has 34 heavy (non-hydrogen) atoms. The number of methoxy groups -OCH3 is 1. The molecule has 0 fully saturated rings. The second-order valence-electron chi connectivity index (χ2n) is 6.97. The first kappa shape index (κ1) is 22.5. The molecule has 0 unspecified atom stereocenters. The lowest BCUT2D eigenvalue weighted by Gasteiger charge is -2.07. The van der Waals surface area contributed by atoms with Crippen LogP contribution < -0.4 is 5.43 Å². The molecule has 0 saturated carbocycles. The maximum atomic E-state index is 14.5. The van der Waals surface area contributed by atoms with Crippen LogP contribution in [-0.2, 0) is 4.74 Å². The molecule has 1 amide bonds. The summed E-state index contributed by atoms with van der Waals surface area (Å²) in [7, 11) is 1.29. The van der Waals surface area contributed by atoms with Gasteiger partial charge >= 0.3 is 5.97 Å². The number of esters is 1. The zero-order valence-corrected chi connectivity index (χ0v) is 17.8. The zero-order valence-electron chi connectivity index (χ0n) is 17.8. The summed E-state index contributed by atoms with van der Waals surface area (Å²) in [5.41, 5.74) is 4.28. The number of aromatic nitrogens is 3. The number of hydrazone groups is 1. The highest BCUT2D eigenvalue weighted by molar-refractivity contribution is 5.95. The van der Waals surface area contributed by atoms with Crippen LogP contribution in [0.15, 0.2) is 78.2 Å². The number of rotatable bonds is 6. The van der Waals surface area contributed by atoms with Crippen molar-refractivity contribution in [2.75, 3.05) is 7.11 Å². The summed E-state index contributed by atoms with van der Waals surface area (Å²) >= 11 is 0. The van der Waals surface area contributed by atoms with Gasteiger partial charge in [0.1, 0.15) is 17.2 Å². The maximum Gasteiger partial charge on any atom is 0.337 e. The average molecular weight is 461 g/mol. The van der Waals surface area contributed by atoms with Crippen molar-refractivity contribution in [3.05, 3.63) is 102 Å². The van der Waals surface area contributed by atoms with Crippen LogP contribution in [0.25, 0.3) is 16.9 Å². The SMILES string of the molecule is COC(=O)c1ccc(C=NNC(=O)c2cc(-c3ccncc3)nn2-c2ccc(F)cc2F)cc1. The lowest BCUT2D eigenvalue weighted by molar-refractivity contribution is 0.0600. The van der Waals surface area contributed by atoms with Crippen molar-refractivity contribution in [3.8, 4) is 16.9 Å². The smallest absolute Gasteiger partial charge is 0.337 e. The van der Waals surface area contributed by atoms with Crippen LogP contribution >= 0.6 is 0 Å². The van der Waals surface area contributed by atoms with Gasteiger partial charge in [-0.05, 0) is 48.0 Å². The van der Waals surface area contributed by atoms with Crippen LogP contribution in [0.1, 0.15) is 26.4 Å². The zero-order chi connectivity index (χ0) is 24.1. The Hall–Kier alpha value is -4.73. The summed E-state index contributed by atoms with van der Waals surface area (Å²) in [4.78, 5) is 28.3. The molecule has 0 aliphatic carbocycles. The molecule has 0 aliphatic heterocycles. The molecule has 2 aromatic carbocycles. The number of benzene rings is 2. The summed E-state index contributed by atoms with van der Waals surface area (Å²) < 4.78 is 33.6. The third kappa shape index (κ3) is 4.85. The van der Waals surface area contributed by atoms with Crippen molar-refractivity contribution in [2.24, 2.45) is 5.10 Å². The van der Waals surface area contributed by atoms with Crippen LogP contribution in [0.3, 0.4) is 0 Å². The number of carbonyl (C=O) groups excluding carboxylic acids is 2. The molecular weight excluding hydrogens is 444 g/mol. The number of carbonyl (C=O) groups is 2. The van der Waals surface area contributed by atoms with E-state index in [1.165, 1.54) is 25.5 Å². The summed E-state index contributed by atoms with van der Waals surface area (Å²) in [6.45, 7) is 0. The van der Waals surface area contributed by atoms with E-state index in [1.807, 2.05) is 0 Å². The fourth-order valence-electron chi connectivity index (χ4n) is 3.09. The minimum atomic E-state index is -0.882. The third-order valence-electron chi connectivity index (χ3n) is 4.77. The van der Waals surface area contributed by atoms with E-state index in [-0.39, 0.29) is 11.4 Å². The van der Waals surface area contributed by atoms with Gasteiger partial charge in [0, 0.05) is 24.0 Å². The Morgan fingerprint density at radius 1 is 1.03 bits per heavy atom. The Labute approximate surface area is 192 Å². The minimum absolute atomic E-state index is 0.0180. The minimum Gasteiger partial charge on any atom is -0.465 e. The topological polar surface area (TPSA) is 98.5 Å². The molecule has 8 nitrogen and oxygen atoms in total. The van der Waals surface area contributed by atoms with E-state index in [9.17, 15) is 18.4 Å². The van der Waals surface area contributed by atoms with Crippen molar-refractivity contribution in [1.29, 1.82) is 0 Å². The van der Waals surface area contributed by atoms with E-state index in [4.69, 9.17) is 0 Å². The Kier molecular flexibility index (Phi) is 6.49. The van der Waals surface area contributed by atoms with Crippen LogP contribution in [-0.4, -0.2) is 40.0 Å². The van der Waals surface area contributed by atoms with Crippen LogP contribution in [0.4, 0.5) is 8.78 Å². The van der Waals surface area contributed by atoms with E-state index in [2.05, 4.69) is 25.3 Å². The first-order chi connectivity index (χ1) is 16.5. The van der Waals surface area contributed by atoms with E-state index < -0.39 is 23.5 Å². The highest BCUT2D eigenvalue weighted by atomic mass is 19.1. The lowest BCUT2D eigenvalue weighted by atomic mass is 10.1. The predicted molar refractivity (Wildman–Crippen MR) is 120 cm³/mol. The van der Waals surface area contributed by atoms with Crippen molar-refractivity contribution < 1.29 is 23.1 Å². The Bertz CT molecular complexity index is 1370. The number of hydrogen-bond acceptors (Lipinski definition) is 6. The molecule has 4 aromatic rings. The van der Waals surface area contributed by atoms with E-state index in [0.717, 1.165) is 10.7 Å². The summed E-state index contributed by atoms with van der Waals surface area (Å²) in [6, 6.07) is 14.2. The van der Waals surface area contributed by atoms with E-state index in [1.54, 1.807) is 48.8 Å². The number of hydrogen-bond donors (Lipinski definition) is 1. The Morgan fingerprint density at radius 3 is 2.44 bits per heavy atom. The number of nitrogens with one attached hydrogen (secondary N) is 1. The summed E-state index contributed by atoms with van der Waals surface area (Å²) in [5.74, 6) is -2.77. The monoisotopic (exact) mass is 461 g/mol. The molecule has 10 heteroatoms. The molecule has 4 rings (SSSR count). The molecule has 0 aliphatic rings. The Balaban J connectivity index is 1.61. The Morgan fingerprint density at radius 2 is 1.76 bits per heavy atom. The number of halogens is 2. The van der Waals surface area contributed by atoms with Gasteiger partial charge in [0.05, 0.1) is 24.6 Å². The largest absolute Gasteiger partial charge is 0.465 e. The standard InChI is InChI=1S/C24H17F2N5O3/c1-34-24(33)17-4-2-15(3-5-17)14-28-29-23(32)22-13-20(16-8-10-27-11-9-16)30-31(22)21-7-6-18(25)12-19(21)26/h2-14H,1H3,(H,29,32). The summed E-state index contributed by atoms with van der Waals surface area (Å²) in [6.07, 6.45) is 4.49. The highest BCUT2D eigenvalue weighted by Crippen LogP contribution is 2.23. The van der Waals surface area contributed by atoms with Gasteiger partial charge in [-0.15, -0.1) is 0 Å². The maximum absolute atomic E-state index is 14.5. The molecular formula is C24H17F2N5O3. The van der Waals surface area contributed by atoms with Gasteiger partial charge in [-0.1, -0.05) is 12.1 Å². The normalized spacial score (nSPS) is 10.9. The van der Waals surface area contributed by atoms with E-state index >= 15 is 0 Å². The van der Waals surface area contributed by atoms with E-state index in [0.29, 0.717) is 28.5 Å². The number of ether oxygens (including phenoxy) is 1. The highest BCUT2D eigenvalue weighted by Gasteiger charge is 2.20. The first-order valence-electron chi connectivity index (χ1n) is 9.94. The van der Waals surface area contributed by atoms with Gasteiger partial charge in [0.2, 0.25) is 0 Å². The molecule has 1 N–H and O–H groups in total. The molecule has 0 bridgehead atoms. The van der Waals surface area contributed by atoms with Gasteiger partial charge in [-0.25, -0.2) is 23.7 Å². The van der Waals surface area contributed by atoms with Gasteiger partial charge in [0.15, 0.2) is 5.82 Å². The van der Waals surface area contributed by atoms with Crippen molar-refractivity contribution >= 4 is 18.1 Å². The predicted octanol–water partition coefficient (Wildman–Crippen LogP) is 3.76. The second-order valence-corrected chi connectivity index (χ2v) is 6.97. The fourth-order valence-corrected chi connectivity index (χ4v) is 3.09. The molecule has 0 atom stereocenters. The molecule has 0 radical (unpaired) electrons. The molecule has 0 saturated heterocycles. The fraction of sp³-hybridized carbons (Fsp3) is 0.0417. The molecule has 2 aromatic heterocycles.